The van der Waals surface area contributed by atoms with Crippen molar-refractivity contribution >= 4 is 23.1 Å². The van der Waals surface area contributed by atoms with Gasteiger partial charge < -0.3 is 15.2 Å². The zero-order valence-electron chi connectivity index (χ0n) is 14.7. The summed E-state index contributed by atoms with van der Waals surface area (Å²) < 4.78 is 20.5. The molecule has 0 bridgehead atoms. The van der Waals surface area contributed by atoms with Crippen molar-refractivity contribution in [2.75, 3.05) is 11.9 Å². The van der Waals surface area contributed by atoms with Crippen LogP contribution in [0.25, 0.3) is 5.65 Å². The van der Waals surface area contributed by atoms with Crippen molar-refractivity contribution in [1.29, 1.82) is 0 Å². The Kier molecular flexibility index (Phi) is 5.34. The van der Waals surface area contributed by atoms with E-state index in [0.717, 1.165) is 6.20 Å². The Labute approximate surface area is 157 Å². The van der Waals surface area contributed by atoms with Gasteiger partial charge in [0.1, 0.15) is 23.6 Å². The molecule has 2 heterocycles. The van der Waals surface area contributed by atoms with Crippen LogP contribution < -0.4 is 10.1 Å². The number of halogens is 1. The average molecular weight is 389 g/mol. The molecule has 0 radical (unpaired) electrons. The summed E-state index contributed by atoms with van der Waals surface area (Å²) in [5.74, 6) is -0.831. The van der Waals surface area contributed by atoms with Crippen molar-refractivity contribution in [2.45, 2.75) is 19.4 Å². The first-order valence-corrected chi connectivity index (χ1v) is 8.24. The smallest absolute Gasteiger partial charge is 0.333 e. The van der Waals surface area contributed by atoms with Gasteiger partial charge in [0.15, 0.2) is 0 Å². The highest BCUT2D eigenvalue weighted by atomic mass is 19.1. The van der Waals surface area contributed by atoms with Crippen LogP contribution in [-0.4, -0.2) is 37.2 Å². The van der Waals surface area contributed by atoms with Gasteiger partial charge in [-0.25, -0.2) is 13.9 Å². The standard InChI is InChI=1S/C17H16FN5O5/c1-10(12-8-11(18)2-3-14(12)28-7-5-16(24)25)20-15-4-6-22-17(21-15)13(9-19-22)23(26)27/h2-4,6,8-10H,5,7H2,1H3,(H,20,21)(H,24,25)/t10-/m1/s1. The molecule has 0 saturated heterocycles. The van der Waals surface area contributed by atoms with Gasteiger partial charge in [-0.05, 0) is 31.2 Å². The molecule has 0 unspecified atom stereocenters. The number of carboxylic acid groups (broad SMARTS) is 1. The maximum atomic E-state index is 13.7. The number of ether oxygens (including phenoxy) is 1. The summed E-state index contributed by atoms with van der Waals surface area (Å²) in [6.45, 7) is 1.67. The molecule has 10 nitrogen and oxygen atoms in total. The lowest BCUT2D eigenvalue weighted by Gasteiger charge is -2.19. The Morgan fingerprint density at radius 1 is 1.46 bits per heavy atom. The van der Waals surface area contributed by atoms with Crippen molar-refractivity contribution in [3.63, 3.8) is 0 Å². The number of nitro groups is 1. The van der Waals surface area contributed by atoms with Gasteiger partial charge in [-0.3, -0.25) is 14.9 Å². The Morgan fingerprint density at radius 3 is 2.96 bits per heavy atom. The summed E-state index contributed by atoms with van der Waals surface area (Å²) in [6, 6.07) is 5.00. The summed E-state index contributed by atoms with van der Waals surface area (Å²) in [4.78, 5) is 25.3. The van der Waals surface area contributed by atoms with Gasteiger partial charge in [0.2, 0.25) is 5.65 Å². The van der Waals surface area contributed by atoms with Crippen molar-refractivity contribution < 1.29 is 24.0 Å². The SMILES string of the molecule is C[C@@H](Nc1ccn2ncc([N+](=O)[O-])c2n1)c1cc(F)ccc1OCCC(=O)O. The normalized spacial score (nSPS) is 11.9. The lowest BCUT2D eigenvalue weighted by atomic mass is 10.1. The number of nitrogens with zero attached hydrogens (tertiary/aromatic N) is 4. The van der Waals surface area contributed by atoms with E-state index in [1.165, 1.54) is 28.9 Å². The number of fused-ring (bicyclic) bond motifs is 1. The van der Waals surface area contributed by atoms with Crippen LogP contribution in [0.5, 0.6) is 5.75 Å². The largest absolute Gasteiger partial charge is 0.493 e. The molecule has 11 heteroatoms. The lowest BCUT2D eigenvalue weighted by molar-refractivity contribution is -0.383. The van der Waals surface area contributed by atoms with Crippen molar-refractivity contribution in [2.24, 2.45) is 0 Å². The van der Waals surface area contributed by atoms with Crippen LogP contribution in [0.15, 0.2) is 36.7 Å². The molecule has 0 spiro atoms. The monoisotopic (exact) mass is 389 g/mol. The summed E-state index contributed by atoms with van der Waals surface area (Å²) in [7, 11) is 0. The number of carboxylic acids is 1. The van der Waals surface area contributed by atoms with Crippen molar-refractivity contribution in [1.82, 2.24) is 14.6 Å². The second kappa shape index (κ2) is 7.86. The number of hydrogen-bond donors (Lipinski definition) is 2. The molecule has 3 rings (SSSR count). The molecule has 1 atom stereocenters. The molecule has 28 heavy (non-hydrogen) atoms. The Bertz CT molecular complexity index is 1040. The van der Waals surface area contributed by atoms with Gasteiger partial charge in [-0.1, -0.05) is 0 Å². The number of nitrogens with one attached hydrogen (secondary N) is 1. The average Bonchev–Trinajstić information content (AvgIpc) is 3.06. The summed E-state index contributed by atoms with van der Waals surface area (Å²) in [6.07, 6.45) is 2.43. The van der Waals surface area contributed by atoms with Crippen LogP contribution in [0.1, 0.15) is 24.9 Å². The van der Waals surface area contributed by atoms with Gasteiger partial charge in [-0.2, -0.15) is 5.10 Å². The highest BCUT2D eigenvalue weighted by Gasteiger charge is 2.18. The summed E-state index contributed by atoms with van der Waals surface area (Å²) >= 11 is 0. The number of benzene rings is 1. The molecule has 0 fully saturated rings. The van der Waals surface area contributed by atoms with E-state index in [9.17, 15) is 19.3 Å². The first-order chi connectivity index (χ1) is 13.3. The van der Waals surface area contributed by atoms with Gasteiger partial charge in [0.25, 0.3) is 0 Å². The fraction of sp³-hybridized carbons (Fsp3) is 0.235. The van der Waals surface area contributed by atoms with Crippen molar-refractivity contribution in [3.05, 3.63) is 58.2 Å². The highest BCUT2D eigenvalue weighted by molar-refractivity contribution is 5.66. The summed E-state index contributed by atoms with van der Waals surface area (Å²) in [5, 5.41) is 26.7. The molecule has 2 N–H and O–H groups in total. The van der Waals surface area contributed by atoms with E-state index in [-0.39, 0.29) is 24.4 Å². The third kappa shape index (κ3) is 4.14. The maximum absolute atomic E-state index is 13.7. The quantitative estimate of drug-likeness (QED) is 0.444. The minimum atomic E-state index is -1.00. The molecular formula is C17H16FN5O5. The second-order valence-electron chi connectivity index (χ2n) is 5.91. The molecule has 2 aromatic heterocycles. The van der Waals surface area contributed by atoms with E-state index in [4.69, 9.17) is 9.84 Å². The van der Waals surface area contributed by atoms with Crippen LogP contribution in [0.2, 0.25) is 0 Å². The Hall–Kier alpha value is -3.76. The van der Waals surface area contributed by atoms with Crippen LogP contribution >= 0.6 is 0 Å². The van der Waals surface area contributed by atoms with Crippen LogP contribution in [-0.2, 0) is 4.79 Å². The third-order valence-corrected chi connectivity index (χ3v) is 3.92. The van der Waals surface area contributed by atoms with Crippen molar-refractivity contribution in [3.8, 4) is 5.75 Å². The zero-order chi connectivity index (χ0) is 20.3. The zero-order valence-corrected chi connectivity index (χ0v) is 14.7. The molecule has 0 amide bonds. The molecule has 0 aliphatic heterocycles. The van der Waals surface area contributed by atoms with Gasteiger partial charge in [-0.15, -0.1) is 0 Å². The topological polar surface area (TPSA) is 132 Å². The number of hydrogen-bond acceptors (Lipinski definition) is 7. The first kappa shape index (κ1) is 19.0. The van der Waals surface area contributed by atoms with E-state index >= 15 is 0 Å². The fourth-order valence-corrected chi connectivity index (χ4v) is 2.60. The van der Waals surface area contributed by atoms with Gasteiger partial charge in [0.05, 0.1) is 24.0 Å². The Balaban J connectivity index is 1.84. The maximum Gasteiger partial charge on any atom is 0.333 e. The van der Waals surface area contributed by atoms with E-state index in [0.29, 0.717) is 17.1 Å². The van der Waals surface area contributed by atoms with Gasteiger partial charge >= 0.3 is 11.7 Å². The molecule has 3 aromatic rings. The molecule has 0 saturated carbocycles. The second-order valence-corrected chi connectivity index (χ2v) is 5.91. The van der Waals surface area contributed by atoms with Gasteiger partial charge in [0, 0.05) is 11.8 Å². The number of aromatic nitrogens is 3. The van der Waals surface area contributed by atoms with E-state index in [1.54, 1.807) is 13.0 Å². The summed E-state index contributed by atoms with van der Waals surface area (Å²) in [5.41, 5.74) is 0.286. The van der Waals surface area contributed by atoms with E-state index < -0.39 is 22.8 Å². The Morgan fingerprint density at radius 2 is 2.25 bits per heavy atom. The number of rotatable bonds is 8. The highest BCUT2D eigenvalue weighted by Crippen LogP contribution is 2.29. The minimum Gasteiger partial charge on any atom is -0.493 e. The molecule has 1 aromatic carbocycles. The number of carbonyl (C=O) groups is 1. The minimum absolute atomic E-state index is 0.0626. The fourth-order valence-electron chi connectivity index (χ4n) is 2.60. The van der Waals surface area contributed by atoms with Crippen LogP contribution in [0.3, 0.4) is 0 Å². The molecular weight excluding hydrogens is 373 g/mol. The lowest BCUT2D eigenvalue weighted by Crippen LogP contribution is -2.12. The predicted molar refractivity (Wildman–Crippen MR) is 95.8 cm³/mol. The molecule has 0 aliphatic rings. The molecule has 146 valence electrons. The predicted octanol–water partition coefficient (Wildman–Crippen LogP) is 2.80. The third-order valence-electron chi connectivity index (χ3n) is 3.92. The van der Waals surface area contributed by atoms with Crippen LogP contribution in [0.4, 0.5) is 15.9 Å². The van der Waals surface area contributed by atoms with E-state index in [1.807, 2.05) is 0 Å². The number of anilines is 1. The van der Waals surface area contributed by atoms with E-state index in [2.05, 4.69) is 15.4 Å². The van der Waals surface area contributed by atoms with Crippen LogP contribution in [0, 0.1) is 15.9 Å². The number of aliphatic carboxylic acids is 1. The first-order valence-electron chi connectivity index (χ1n) is 8.24. The molecule has 0 aliphatic carbocycles.